The highest BCUT2D eigenvalue weighted by molar-refractivity contribution is 5.30. The fraction of sp³-hybridized carbons (Fsp3) is 0.760. The van der Waals surface area contributed by atoms with Gasteiger partial charge in [-0.2, -0.15) is 0 Å². The zero-order chi connectivity index (χ0) is 20.6. The van der Waals surface area contributed by atoms with Crippen molar-refractivity contribution in [2.45, 2.75) is 90.3 Å². The summed E-state index contributed by atoms with van der Waals surface area (Å²) in [6.45, 7) is 5.11. The molecule has 0 radical (unpaired) electrons. The second-order valence-electron chi connectivity index (χ2n) is 9.18. The van der Waals surface area contributed by atoms with Crippen molar-refractivity contribution < 1.29 is 18.3 Å². The molecule has 2 nitrogen and oxygen atoms in total. The van der Waals surface area contributed by atoms with Gasteiger partial charge in [0, 0.05) is 0 Å². The summed E-state index contributed by atoms with van der Waals surface area (Å²) in [5, 5.41) is 0. The molecule has 2 aliphatic rings. The number of halogens is 2. The molecule has 4 heteroatoms. The highest BCUT2D eigenvalue weighted by Crippen LogP contribution is 2.35. The van der Waals surface area contributed by atoms with Crippen LogP contribution in [0.4, 0.5) is 8.78 Å². The van der Waals surface area contributed by atoms with Crippen LogP contribution in [0.15, 0.2) is 18.2 Å². The summed E-state index contributed by atoms with van der Waals surface area (Å²) in [6, 6.07) is 4.99. The smallest absolute Gasteiger partial charge is 0.165 e. The summed E-state index contributed by atoms with van der Waals surface area (Å²) in [6.07, 6.45) is 9.77. The van der Waals surface area contributed by atoms with Crippen LogP contribution in [0.2, 0.25) is 0 Å². The van der Waals surface area contributed by atoms with Gasteiger partial charge in [-0.05, 0) is 61.1 Å². The molecule has 3 atom stereocenters. The van der Waals surface area contributed by atoms with Crippen molar-refractivity contribution in [3.05, 3.63) is 29.6 Å². The van der Waals surface area contributed by atoms with E-state index < -0.39 is 12.0 Å². The molecule has 0 spiro atoms. The Labute approximate surface area is 175 Å². The molecule has 3 unspecified atom stereocenters. The number of ether oxygens (including phenoxy) is 2. The monoisotopic (exact) mass is 408 g/mol. The fourth-order valence-electron chi connectivity index (χ4n) is 5.02. The lowest BCUT2D eigenvalue weighted by atomic mass is 9.79. The van der Waals surface area contributed by atoms with Crippen molar-refractivity contribution in [2.75, 3.05) is 13.2 Å². The molecular formula is C25H38F2O2. The van der Waals surface area contributed by atoms with Crippen molar-refractivity contribution >= 4 is 0 Å². The number of benzene rings is 1. The Morgan fingerprint density at radius 3 is 2.38 bits per heavy atom. The summed E-state index contributed by atoms with van der Waals surface area (Å²) in [7, 11) is 0. The Bertz CT molecular complexity index is 605. The van der Waals surface area contributed by atoms with Gasteiger partial charge >= 0.3 is 0 Å². The first-order chi connectivity index (χ1) is 14.1. The van der Waals surface area contributed by atoms with Gasteiger partial charge in [0.25, 0.3) is 0 Å². The Morgan fingerprint density at radius 2 is 1.76 bits per heavy atom. The largest absolute Gasteiger partial charge is 0.487 e. The standard InChI is InChI=1S/C25H38F2O2/c1-3-5-20-10-12-24(28-16-20)21-11-13-25(23(27)15-21)29-17-22(26)14-19-8-6-18(4-2)7-9-19/h11,13,15,18-20,22,24H,3-10,12,14,16-17H2,1-2H3. The lowest BCUT2D eigenvalue weighted by Crippen LogP contribution is -2.22. The molecular weight excluding hydrogens is 370 g/mol. The van der Waals surface area contributed by atoms with E-state index in [2.05, 4.69) is 13.8 Å². The Morgan fingerprint density at radius 1 is 1.03 bits per heavy atom. The lowest BCUT2D eigenvalue weighted by Gasteiger charge is -2.29. The molecule has 1 aliphatic carbocycles. The summed E-state index contributed by atoms with van der Waals surface area (Å²) in [4.78, 5) is 0. The quantitative estimate of drug-likeness (QED) is 0.423. The third-order valence-electron chi connectivity index (χ3n) is 6.95. The molecule has 164 valence electrons. The van der Waals surface area contributed by atoms with E-state index >= 15 is 0 Å². The average Bonchev–Trinajstić information content (AvgIpc) is 2.74. The van der Waals surface area contributed by atoms with Crippen molar-refractivity contribution in [3.8, 4) is 5.75 Å². The van der Waals surface area contributed by atoms with Gasteiger partial charge in [0.1, 0.15) is 12.8 Å². The first kappa shape index (κ1) is 22.5. The highest BCUT2D eigenvalue weighted by Gasteiger charge is 2.25. The van der Waals surface area contributed by atoms with Crippen LogP contribution < -0.4 is 4.74 Å². The Kier molecular flexibility index (Phi) is 8.77. The van der Waals surface area contributed by atoms with E-state index in [1.807, 2.05) is 6.07 Å². The van der Waals surface area contributed by atoms with Crippen LogP contribution in [-0.4, -0.2) is 19.4 Å². The average molecular weight is 409 g/mol. The minimum Gasteiger partial charge on any atom is -0.487 e. The molecule has 0 bridgehead atoms. The summed E-state index contributed by atoms with van der Waals surface area (Å²) < 4.78 is 40.3. The first-order valence-electron chi connectivity index (χ1n) is 11.8. The number of rotatable bonds is 9. The van der Waals surface area contributed by atoms with E-state index in [1.54, 1.807) is 6.07 Å². The zero-order valence-electron chi connectivity index (χ0n) is 18.2. The van der Waals surface area contributed by atoms with Gasteiger partial charge in [-0.15, -0.1) is 0 Å². The van der Waals surface area contributed by atoms with Gasteiger partial charge < -0.3 is 9.47 Å². The van der Waals surface area contributed by atoms with Gasteiger partial charge in [0.15, 0.2) is 11.6 Å². The van der Waals surface area contributed by atoms with Gasteiger partial charge in [-0.3, -0.25) is 0 Å². The molecule has 0 N–H and O–H groups in total. The number of hydrogen-bond donors (Lipinski definition) is 0. The van der Waals surface area contributed by atoms with Crippen LogP contribution in [0.3, 0.4) is 0 Å². The highest BCUT2D eigenvalue weighted by atomic mass is 19.1. The predicted octanol–water partition coefficient (Wildman–Crippen LogP) is 7.42. The van der Waals surface area contributed by atoms with Crippen LogP contribution in [0.1, 0.15) is 89.7 Å². The Hall–Kier alpha value is -1.16. The van der Waals surface area contributed by atoms with E-state index in [1.165, 1.54) is 38.2 Å². The first-order valence-corrected chi connectivity index (χ1v) is 11.8. The molecule has 0 aromatic heterocycles. The van der Waals surface area contributed by atoms with E-state index in [9.17, 15) is 8.78 Å². The lowest BCUT2D eigenvalue weighted by molar-refractivity contribution is -0.0196. The van der Waals surface area contributed by atoms with Gasteiger partial charge in [0.2, 0.25) is 0 Å². The second kappa shape index (κ2) is 11.3. The summed E-state index contributed by atoms with van der Waals surface area (Å²) >= 11 is 0. The van der Waals surface area contributed by atoms with Crippen LogP contribution >= 0.6 is 0 Å². The fourth-order valence-corrected chi connectivity index (χ4v) is 5.02. The molecule has 3 rings (SSSR count). The van der Waals surface area contributed by atoms with E-state index in [4.69, 9.17) is 9.47 Å². The molecule has 1 aliphatic heterocycles. The third kappa shape index (κ3) is 6.67. The number of alkyl halides is 1. The minimum absolute atomic E-state index is 0.0428. The molecule has 1 aromatic carbocycles. The maximum atomic E-state index is 14.5. The normalized spacial score (nSPS) is 28.8. The van der Waals surface area contributed by atoms with Crippen LogP contribution in [0.5, 0.6) is 5.75 Å². The van der Waals surface area contributed by atoms with E-state index in [0.717, 1.165) is 43.8 Å². The Balaban J connectivity index is 1.43. The van der Waals surface area contributed by atoms with Crippen LogP contribution in [0.25, 0.3) is 0 Å². The summed E-state index contributed by atoms with van der Waals surface area (Å²) in [5.41, 5.74) is 0.856. The molecule has 1 aromatic rings. The molecule has 1 saturated carbocycles. The maximum Gasteiger partial charge on any atom is 0.165 e. The van der Waals surface area contributed by atoms with Crippen molar-refractivity contribution in [1.29, 1.82) is 0 Å². The molecule has 1 heterocycles. The van der Waals surface area contributed by atoms with Gasteiger partial charge in [0.05, 0.1) is 12.7 Å². The van der Waals surface area contributed by atoms with Crippen LogP contribution in [0, 0.1) is 23.6 Å². The van der Waals surface area contributed by atoms with Gasteiger partial charge in [-0.25, -0.2) is 8.78 Å². The van der Waals surface area contributed by atoms with Crippen molar-refractivity contribution in [1.82, 2.24) is 0 Å². The van der Waals surface area contributed by atoms with Crippen LogP contribution in [-0.2, 0) is 4.74 Å². The minimum atomic E-state index is -1.03. The topological polar surface area (TPSA) is 18.5 Å². The predicted molar refractivity (Wildman–Crippen MR) is 113 cm³/mol. The third-order valence-corrected chi connectivity index (χ3v) is 6.95. The second-order valence-corrected chi connectivity index (χ2v) is 9.18. The molecule has 1 saturated heterocycles. The zero-order valence-corrected chi connectivity index (χ0v) is 18.2. The molecule has 29 heavy (non-hydrogen) atoms. The van der Waals surface area contributed by atoms with Crippen molar-refractivity contribution in [3.63, 3.8) is 0 Å². The van der Waals surface area contributed by atoms with E-state index in [0.29, 0.717) is 18.3 Å². The number of hydrogen-bond acceptors (Lipinski definition) is 2. The van der Waals surface area contributed by atoms with Crippen molar-refractivity contribution in [2.24, 2.45) is 17.8 Å². The SMILES string of the molecule is CCCC1CCC(c2ccc(OCC(F)CC3CCC(CC)CC3)c(F)c2)OC1. The van der Waals surface area contributed by atoms with E-state index in [-0.39, 0.29) is 18.5 Å². The maximum absolute atomic E-state index is 14.5. The molecule has 2 fully saturated rings. The summed E-state index contributed by atoms with van der Waals surface area (Å²) in [5.74, 6) is 1.62. The molecule has 0 amide bonds. The van der Waals surface area contributed by atoms with Gasteiger partial charge in [-0.1, -0.05) is 58.4 Å².